The summed E-state index contributed by atoms with van der Waals surface area (Å²) in [7, 11) is 0. The summed E-state index contributed by atoms with van der Waals surface area (Å²) in [4.78, 5) is 34.6. The third kappa shape index (κ3) is 2.47. The fourth-order valence-corrected chi connectivity index (χ4v) is 2.60. The largest absolute Gasteiger partial charge is 0.375 e. The van der Waals surface area contributed by atoms with E-state index in [1.807, 2.05) is 0 Å². The number of rotatable bonds is 4. The number of hydrogen-bond acceptors (Lipinski definition) is 5. The van der Waals surface area contributed by atoms with Crippen molar-refractivity contribution in [2.45, 2.75) is 12.0 Å². The minimum atomic E-state index is -1.97. The van der Waals surface area contributed by atoms with Crippen molar-refractivity contribution in [1.29, 1.82) is 0 Å². The number of fused-ring (bicyclic) bond motifs is 1. The Morgan fingerprint density at radius 2 is 1.96 bits per heavy atom. The molecule has 0 saturated heterocycles. The summed E-state index contributed by atoms with van der Waals surface area (Å²) in [5.74, 6) is -1.24. The Kier molecular flexibility index (Phi) is 3.42. The van der Waals surface area contributed by atoms with Crippen molar-refractivity contribution in [2.24, 2.45) is 0 Å². The highest BCUT2D eigenvalue weighted by Crippen LogP contribution is 2.38. The number of nitro benzene ring substituents is 1. The maximum Gasteiger partial charge on any atom is 0.270 e. The molecule has 0 radical (unpaired) electrons. The molecule has 0 saturated carbocycles. The predicted molar refractivity (Wildman–Crippen MR) is 81.0 cm³/mol. The van der Waals surface area contributed by atoms with Crippen LogP contribution in [0.5, 0.6) is 0 Å². The Morgan fingerprint density at radius 3 is 2.70 bits per heavy atom. The van der Waals surface area contributed by atoms with Crippen LogP contribution in [0.1, 0.15) is 22.3 Å². The number of carbonyl (C=O) groups is 2. The van der Waals surface area contributed by atoms with Crippen LogP contribution >= 0.6 is 0 Å². The minimum Gasteiger partial charge on any atom is -0.375 e. The molecule has 2 N–H and O–H groups in total. The standard InChI is InChI=1S/C16H12N2O5/c19-14(10-4-3-5-11(8-10)18(22)23)9-16(21)12-6-1-2-7-13(12)17-15(16)20/h1-8,21H,9H2,(H,17,20)/t16-/m0/s1. The van der Waals surface area contributed by atoms with Crippen molar-refractivity contribution in [3.05, 3.63) is 69.8 Å². The van der Waals surface area contributed by atoms with Crippen molar-refractivity contribution in [1.82, 2.24) is 0 Å². The minimum absolute atomic E-state index is 0.0739. The number of carbonyl (C=O) groups excluding carboxylic acids is 2. The summed E-state index contributed by atoms with van der Waals surface area (Å²) >= 11 is 0. The van der Waals surface area contributed by atoms with E-state index >= 15 is 0 Å². The maximum absolute atomic E-state index is 12.4. The zero-order valence-electron chi connectivity index (χ0n) is 11.9. The van der Waals surface area contributed by atoms with E-state index in [1.165, 1.54) is 18.2 Å². The molecule has 2 aromatic carbocycles. The van der Waals surface area contributed by atoms with Gasteiger partial charge < -0.3 is 10.4 Å². The quantitative estimate of drug-likeness (QED) is 0.510. The number of ketones is 1. The van der Waals surface area contributed by atoms with E-state index in [4.69, 9.17) is 0 Å². The lowest BCUT2D eigenvalue weighted by molar-refractivity contribution is -0.384. The van der Waals surface area contributed by atoms with Crippen molar-refractivity contribution >= 4 is 23.1 Å². The average molecular weight is 312 g/mol. The molecule has 1 aliphatic heterocycles. The molecule has 7 heteroatoms. The highest BCUT2D eigenvalue weighted by atomic mass is 16.6. The first-order valence-corrected chi connectivity index (χ1v) is 6.83. The van der Waals surface area contributed by atoms with Crippen LogP contribution in [0.3, 0.4) is 0 Å². The van der Waals surface area contributed by atoms with Crippen molar-refractivity contribution < 1.29 is 19.6 Å². The van der Waals surface area contributed by atoms with E-state index < -0.39 is 28.6 Å². The Morgan fingerprint density at radius 1 is 1.22 bits per heavy atom. The van der Waals surface area contributed by atoms with Crippen LogP contribution in [-0.2, 0) is 10.4 Å². The first-order chi connectivity index (χ1) is 10.9. The van der Waals surface area contributed by atoms with Gasteiger partial charge in [0.2, 0.25) is 0 Å². The van der Waals surface area contributed by atoms with Gasteiger partial charge in [-0.15, -0.1) is 0 Å². The molecule has 0 aromatic heterocycles. The molecule has 1 aliphatic rings. The normalized spacial score (nSPS) is 19.1. The van der Waals surface area contributed by atoms with Crippen LogP contribution in [0, 0.1) is 10.1 Å². The van der Waals surface area contributed by atoms with Gasteiger partial charge in [-0.05, 0) is 6.07 Å². The van der Waals surface area contributed by atoms with Crippen LogP contribution in [-0.4, -0.2) is 21.7 Å². The van der Waals surface area contributed by atoms with Gasteiger partial charge in [0.15, 0.2) is 11.4 Å². The number of Topliss-reactive ketones (excluding diaryl/α,β-unsaturated/α-hetero) is 1. The molecule has 23 heavy (non-hydrogen) atoms. The van der Waals surface area contributed by atoms with Crippen LogP contribution in [0.15, 0.2) is 48.5 Å². The predicted octanol–water partition coefficient (Wildman–Crippen LogP) is 2.01. The van der Waals surface area contributed by atoms with Crippen LogP contribution in [0.25, 0.3) is 0 Å². The number of nitrogens with one attached hydrogen (secondary N) is 1. The van der Waals surface area contributed by atoms with E-state index in [9.17, 15) is 24.8 Å². The second-order valence-corrected chi connectivity index (χ2v) is 5.27. The summed E-state index contributed by atoms with van der Waals surface area (Å²) in [6.07, 6.45) is -0.489. The van der Waals surface area contributed by atoms with Crippen LogP contribution < -0.4 is 5.32 Å². The number of para-hydroxylation sites is 1. The summed E-state index contributed by atoms with van der Waals surface area (Å²) < 4.78 is 0. The van der Waals surface area contributed by atoms with Crippen LogP contribution in [0.2, 0.25) is 0 Å². The number of nitrogens with zero attached hydrogens (tertiary/aromatic N) is 1. The van der Waals surface area contributed by atoms with E-state index in [2.05, 4.69) is 5.32 Å². The first kappa shape index (κ1) is 14.9. The van der Waals surface area contributed by atoms with Gasteiger partial charge in [-0.2, -0.15) is 0 Å². The average Bonchev–Trinajstić information content (AvgIpc) is 2.79. The van der Waals surface area contributed by atoms with Gasteiger partial charge in [0, 0.05) is 28.9 Å². The number of benzene rings is 2. The lowest BCUT2D eigenvalue weighted by atomic mass is 9.88. The lowest BCUT2D eigenvalue weighted by Crippen LogP contribution is -2.36. The molecule has 3 rings (SSSR count). The smallest absolute Gasteiger partial charge is 0.270 e. The van der Waals surface area contributed by atoms with E-state index in [0.717, 1.165) is 6.07 Å². The third-order valence-corrected chi connectivity index (χ3v) is 3.79. The molecule has 1 atom stereocenters. The number of aliphatic hydroxyl groups is 1. The molecule has 0 aliphatic carbocycles. The molecule has 0 fully saturated rings. The number of hydrogen-bond donors (Lipinski definition) is 2. The van der Waals surface area contributed by atoms with Gasteiger partial charge in [0.1, 0.15) is 0 Å². The zero-order chi connectivity index (χ0) is 16.6. The Labute approximate surface area is 130 Å². The van der Waals surface area contributed by atoms with Gasteiger partial charge in [-0.3, -0.25) is 19.7 Å². The zero-order valence-corrected chi connectivity index (χ0v) is 11.9. The lowest BCUT2D eigenvalue weighted by Gasteiger charge is -2.19. The number of non-ortho nitro benzene ring substituents is 1. The molecule has 0 spiro atoms. The van der Waals surface area contributed by atoms with E-state index in [1.54, 1.807) is 24.3 Å². The highest BCUT2D eigenvalue weighted by molar-refractivity contribution is 6.09. The first-order valence-electron chi connectivity index (χ1n) is 6.83. The SMILES string of the molecule is O=C(C[C@@]1(O)C(=O)Nc2ccccc21)c1cccc([N+](=O)[O-])c1. The van der Waals surface area contributed by atoms with Crippen LogP contribution in [0.4, 0.5) is 11.4 Å². The second kappa shape index (κ2) is 5.29. The Bertz CT molecular complexity index is 833. The fraction of sp³-hybridized carbons (Fsp3) is 0.125. The van der Waals surface area contributed by atoms with Gasteiger partial charge in [-0.25, -0.2) is 0 Å². The molecule has 1 amide bonds. The summed E-state index contributed by atoms with van der Waals surface area (Å²) in [5, 5.41) is 24.0. The molecule has 2 aromatic rings. The molecular weight excluding hydrogens is 300 g/mol. The van der Waals surface area contributed by atoms with E-state index in [-0.39, 0.29) is 11.3 Å². The third-order valence-electron chi connectivity index (χ3n) is 3.79. The van der Waals surface area contributed by atoms with Gasteiger partial charge >= 0.3 is 0 Å². The van der Waals surface area contributed by atoms with Gasteiger partial charge in [-0.1, -0.05) is 30.3 Å². The Hall–Kier alpha value is -3.06. The second-order valence-electron chi connectivity index (χ2n) is 5.27. The number of anilines is 1. The summed E-state index contributed by atoms with van der Waals surface area (Å²) in [6.45, 7) is 0. The molecule has 0 bridgehead atoms. The summed E-state index contributed by atoms with van der Waals surface area (Å²) in [6, 6.07) is 11.7. The maximum atomic E-state index is 12.4. The molecule has 7 nitrogen and oxygen atoms in total. The molecule has 1 heterocycles. The molecule has 116 valence electrons. The van der Waals surface area contributed by atoms with E-state index in [0.29, 0.717) is 11.3 Å². The van der Waals surface area contributed by atoms with Gasteiger partial charge in [0.05, 0.1) is 11.3 Å². The van der Waals surface area contributed by atoms with Crippen molar-refractivity contribution in [2.75, 3.05) is 5.32 Å². The Balaban J connectivity index is 1.92. The molecule has 0 unspecified atom stereocenters. The van der Waals surface area contributed by atoms with Crippen molar-refractivity contribution in [3.63, 3.8) is 0 Å². The van der Waals surface area contributed by atoms with Crippen molar-refractivity contribution in [3.8, 4) is 0 Å². The van der Waals surface area contributed by atoms with Gasteiger partial charge in [0.25, 0.3) is 11.6 Å². The number of nitro groups is 1. The topological polar surface area (TPSA) is 110 Å². The highest BCUT2D eigenvalue weighted by Gasteiger charge is 2.46. The monoisotopic (exact) mass is 312 g/mol. The molecular formula is C16H12N2O5. The number of amides is 1. The fourth-order valence-electron chi connectivity index (χ4n) is 2.60. The summed E-state index contributed by atoms with van der Waals surface area (Å²) in [5.41, 5.74) is -1.35.